The van der Waals surface area contributed by atoms with Gasteiger partial charge in [-0.05, 0) is 105 Å². The second-order valence-corrected chi connectivity index (χ2v) is 15.4. The Hall–Kier alpha value is -0.580. The van der Waals surface area contributed by atoms with E-state index in [2.05, 4.69) is 40.7 Å². The minimum Gasteiger partial charge on any atom is -0.393 e. The van der Waals surface area contributed by atoms with E-state index in [0.29, 0.717) is 25.2 Å². The third-order valence-corrected chi connectivity index (χ3v) is 12.4. The largest absolute Gasteiger partial charge is 0.393 e. The summed E-state index contributed by atoms with van der Waals surface area (Å²) in [5.41, 5.74) is 0.848. The van der Waals surface area contributed by atoms with E-state index >= 15 is 0 Å². The predicted octanol–water partition coefficient (Wildman–Crippen LogP) is 3.15. The summed E-state index contributed by atoms with van der Waals surface area (Å²) in [5, 5.41) is 65.3. The molecule has 5 rings (SSSR count). The van der Waals surface area contributed by atoms with Crippen LogP contribution in [0.1, 0.15) is 92.9 Å². The highest BCUT2D eigenvalue weighted by Gasteiger charge is 2.65. The molecule has 1 heterocycles. The van der Waals surface area contributed by atoms with Gasteiger partial charge in [0, 0.05) is 0 Å². The Labute approximate surface area is 246 Å². The van der Waals surface area contributed by atoms with Crippen LogP contribution in [0.3, 0.4) is 0 Å². The number of aliphatic hydroxyl groups is 6. The van der Waals surface area contributed by atoms with Crippen molar-refractivity contribution in [2.24, 2.45) is 46.3 Å². The molecule has 41 heavy (non-hydrogen) atoms. The van der Waals surface area contributed by atoms with E-state index in [0.717, 1.165) is 32.1 Å². The highest BCUT2D eigenvalue weighted by Crippen LogP contribution is 2.68. The van der Waals surface area contributed by atoms with Gasteiger partial charge in [0.15, 0.2) is 6.29 Å². The molecule has 0 unspecified atom stereocenters. The first kappa shape index (κ1) is 31.8. The van der Waals surface area contributed by atoms with Gasteiger partial charge in [-0.3, -0.25) is 0 Å². The van der Waals surface area contributed by atoms with Crippen LogP contribution in [0.15, 0.2) is 11.6 Å². The number of hydrogen-bond donors (Lipinski definition) is 6. The van der Waals surface area contributed by atoms with E-state index < -0.39 is 42.9 Å². The molecule has 0 spiro atoms. The molecule has 0 radical (unpaired) electrons. The fourth-order valence-electron chi connectivity index (χ4n) is 10.2. The first-order valence-electron chi connectivity index (χ1n) is 16.3. The summed E-state index contributed by atoms with van der Waals surface area (Å²) in [6.07, 6.45) is 1.01. The summed E-state index contributed by atoms with van der Waals surface area (Å²) >= 11 is 0. The van der Waals surface area contributed by atoms with Gasteiger partial charge in [-0.1, -0.05) is 46.3 Å². The van der Waals surface area contributed by atoms with Crippen LogP contribution in [-0.4, -0.2) is 85.8 Å². The summed E-state index contributed by atoms with van der Waals surface area (Å²) < 4.78 is 12.5. The minimum absolute atomic E-state index is 0.0910. The molecule has 8 heteroatoms. The fourth-order valence-corrected chi connectivity index (χ4v) is 10.2. The molecule has 4 fully saturated rings. The normalized spacial score (nSPS) is 51.4. The second-order valence-electron chi connectivity index (χ2n) is 15.4. The molecule has 0 amide bonds. The lowest BCUT2D eigenvalue weighted by molar-refractivity contribution is -0.309. The molecular weight excluding hydrogens is 524 g/mol. The molecule has 16 atom stereocenters. The maximum Gasteiger partial charge on any atom is 0.186 e. The number of hydrogen-bond acceptors (Lipinski definition) is 8. The van der Waals surface area contributed by atoms with Crippen LogP contribution in [-0.2, 0) is 9.47 Å². The van der Waals surface area contributed by atoms with Crippen LogP contribution < -0.4 is 0 Å². The van der Waals surface area contributed by atoms with E-state index in [1.54, 1.807) is 6.92 Å². The lowest BCUT2D eigenvalue weighted by Gasteiger charge is -2.60. The van der Waals surface area contributed by atoms with E-state index in [4.69, 9.17) is 9.47 Å². The Morgan fingerprint density at radius 1 is 1.02 bits per heavy atom. The Morgan fingerprint density at radius 2 is 1.73 bits per heavy atom. The molecule has 8 nitrogen and oxygen atoms in total. The lowest BCUT2D eigenvalue weighted by Crippen LogP contribution is -2.58. The van der Waals surface area contributed by atoms with Crippen LogP contribution >= 0.6 is 0 Å². The molecule has 1 saturated heterocycles. The molecule has 3 saturated carbocycles. The fraction of sp³-hybridized carbons (Fsp3) is 0.939. The maximum absolute atomic E-state index is 11.9. The molecule has 4 aliphatic carbocycles. The topological polar surface area (TPSA) is 140 Å². The minimum atomic E-state index is -1.38. The Balaban J connectivity index is 1.47. The molecule has 236 valence electrons. The summed E-state index contributed by atoms with van der Waals surface area (Å²) in [4.78, 5) is 0. The third-order valence-electron chi connectivity index (χ3n) is 12.4. The van der Waals surface area contributed by atoms with Crippen molar-refractivity contribution in [3.05, 3.63) is 11.6 Å². The van der Waals surface area contributed by atoms with Gasteiger partial charge in [-0.2, -0.15) is 0 Å². The lowest BCUT2D eigenvalue weighted by atomic mass is 9.46. The Morgan fingerprint density at radius 3 is 2.41 bits per heavy atom. The van der Waals surface area contributed by atoms with Crippen LogP contribution in [0.4, 0.5) is 0 Å². The van der Waals surface area contributed by atoms with Gasteiger partial charge in [0.1, 0.15) is 18.3 Å². The van der Waals surface area contributed by atoms with Crippen molar-refractivity contribution in [2.45, 2.75) is 148 Å². The zero-order valence-corrected chi connectivity index (χ0v) is 25.9. The number of allylic oxidation sites excluding steroid dienone is 1. The molecule has 0 bridgehead atoms. The first-order valence-corrected chi connectivity index (χ1v) is 16.3. The maximum atomic E-state index is 11.9. The van der Waals surface area contributed by atoms with Crippen molar-refractivity contribution in [3.8, 4) is 0 Å². The number of fused-ring (bicyclic) bond motifs is 5. The second kappa shape index (κ2) is 11.7. The standard InChI is InChI=1S/C33H56O8/c1-16(2)7-10-23(35)17(3)26-25(41-31-30(39)29(38)28(37)18(4)40-31)14-22-21-9-8-19-13-20(34)11-12-32(19,5)27(21)24(36)15-33(22,26)6/h8,16-18,20-31,34-39H,7,9-15H2,1-6H3/t17-,18+,20+,21+,22+,23+,24-,25+,26+,27-,28+,29-,30-,31+,32+,33+/m1/s1. The van der Waals surface area contributed by atoms with Gasteiger partial charge >= 0.3 is 0 Å². The molecule has 5 aliphatic rings. The van der Waals surface area contributed by atoms with Gasteiger partial charge in [0.2, 0.25) is 0 Å². The van der Waals surface area contributed by atoms with E-state index in [9.17, 15) is 30.6 Å². The third kappa shape index (κ3) is 5.47. The molecular formula is C33H56O8. The van der Waals surface area contributed by atoms with Crippen molar-refractivity contribution < 1.29 is 40.1 Å². The van der Waals surface area contributed by atoms with Crippen molar-refractivity contribution in [2.75, 3.05) is 0 Å². The van der Waals surface area contributed by atoms with Gasteiger partial charge < -0.3 is 40.1 Å². The molecule has 0 aromatic carbocycles. The summed E-state index contributed by atoms with van der Waals surface area (Å²) in [7, 11) is 0. The highest BCUT2D eigenvalue weighted by molar-refractivity contribution is 5.27. The van der Waals surface area contributed by atoms with Crippen molar-refractivity contribution in [1.82, 2.24) is 0 Å². The van der Waals surface area contributed by atoms with E-state index in [1.165, 1.54) is 5.57 Å². The summed E-state index contributed by atoms with van der Waals surface area (Å²) in [6, 6.07) is 0. The van der Waals surface area contributed by atoms with Crippen LogP contribution in [0.5, 0.6) is 0 Å². The number of ether oxygens (including phenoxy) is 2. The molecule has 1 aliphatic heterocycles. The molecule has 0 aromatic rings. The Bertz CT molecular complexity index is 956. The monoisotopic (exact) mass is 580 g/mol. The quantitative estimate of drug-likeness (QED) is 0.253. The Kier molecular flexibility index (Phi) is 9.11. The average molecular weight is 581 g/mol. The highest BCUT2D eigenvalue weighted by atomic mass is 16.7. The van der Waals surface area contributed by atoms with Gasteiger partial charge in [-0.15, -0.1) is 0 Å². The number of rotatable bonds is 7. The van der Waals surface area contributed by atoms with E-state index in [1.807, 2.05) is 0 Å². The SMILES string of the molecule is CC(C)CC[C@H](O)[C@@H](C)[C@H]1[C@@H](O[C@@H]2O[C@@H](C)[C@H](O)[C@@H](O)[C@H]2O)C[C@H]2[C@@H]3CC=C4C[C@@H](O)CC[C@]4(C)[C@H]3[C@H](O)C[C@]12C. The van der Waals surface area contributed by atoms with E-state index in [-0.39, 0.29) is 52.6 Å². The van der Waals surface area contributed by atoms with Gasteiger partial charge in [0.25, 0.3) is 0 Å². The van der Waals surface area contributed by atoms with Gasteiger partial charge in [-0.25, -0.2) is 0 Å². The smallest absolute Gasteiger partial charge is 0.186 e. The van der Waals surface area contributed by atoms with Crippen molar-refractivity contribution >= 4 is 0 Å². The average Bonchev–Trinajstić information content (AvgIpc) is 3.19. The molecule has 6 N–H and O–H groups in total. The van der Waals surface area contributed by atoms with Crippen LogP contribution in [0.2, 0.25) is 0 Å². The predicted molar refractivity (Wildman–Crippen MR) is 154 cm³/mol. The van der Waals surface area contributed by atoms with Crippen LogP contribution in [0.25, 0.3) is 0 Å². The summed E-state index contributed by atoms with van der Waals surface area (Å²) in [6.45, 7) is 12.6. The zero-order valence-electron chi connectivity index (χ0n) is 25.9. The zero-order chi connectivity index (χ0) is 30.0. The van der Waals surface area contributed by atoms with Crippen LogP contribution in [0, 0.1) is 46.3 Å². The molecule has 0 aromatic heterocycles. The van der Waals surface area contributed by atoms with Crippen molar-refractivity contribution in [1.29, 1.82) is 0 Å². The number of aliphatic hydroxyl groups excluding tert-OH is 6. The van der Waals surface area contributed by atoms with Crippen molar-refractivity contribution in [3.63, 3.8) is 0 Å². The van der Waals surface area contributed by atoms with Gasteiger partial charge in [0.05, 0.1) is 30.5 Å². The first-order chi connectivity index (χ1) is 19.2. The summed E-state index contributed by atoms with van der Waals surface area (Å²) in [5.74, 6) is 0.856.